The van der Waals surface area contributed by atoms with Crippen molar-refractivity contribution in [3.8, 4) is 0 Å². The van der Waals surface area contributed by atoms with E-state index in [0.29, 0.717) is 17.7 Å². The highest BCUT2D eigenvalue weighted by Crippen LogP contribution is 2.37. The van der Waals surface area contributed by atoms with Gasteiger partial charge >= 0.3 is 5.63 Å². The lowest BCUT2D eigenvalue weighted by Gasteiger charge is -2.23. The number of aryl methyl sites for hydroxylation is 3. The predicted octanol–water partition coefficient (Wildman–Crippen LogP) is 2.83. The molecule has 5 nitrogen and oxygen atoms in total. The molecule has 2 bridgehead atoms. The summed E-state index contributed by atoms with van der Waals surface area (Å²) in [6.45, 7) is 1.82. The highest BCUT2D eigenvalue weighted by atomic mass is 16.4. The molecule has 0 aliphatic carbocycles. The van der Waals surface area contributed by atoms with Gasteiger partial charge in [0.1, 0.15) is 11.3 Å². The summed E-state index contributed by atoms with van der Waals surface area (Å²) in [5, 5.41) is 0. The van der Waals surface area contributed by atoms with Crippen LogP contribution < -0.4 is 11.4 Å². The van der Waals surface area contributed by atoms with E-state index in [-0.39, 0.29) is 29.6 Å². The molecular weight excluding hydrogens is 340 g/mol. The number of hydrogen-bond acceptors (Lipinski definition) is 4. The first-order chi connectivity index (χ1) is 13.0. The van der Waals surface area contributed by atoms with Crippen LogP contribution in [0.15, 0.2) is 45.6 Å². The summed E-state index contributed by atoms with van der Waals surface area (Å²) in [4.78, 5) is 27.4. The number of benzene rings is 1. The number of amides is 1. The van der Waals surface area contributed by atoms with Gasteiger partial charge in [-0.2, -0.15) is 0 Å². The predicted molar refractivity (Wildman–Crippen MR) is 104 cm³/mol. The zero-order valence-corrected chi connectivity index (χ0v) is 15.7. The Morgan fingerprint density at radius 1 is 1.22 bits per heavy atom. The summed E-state index contributed by atoms with van der Waals surface area (Å²) in [6.07, 6.45) is 5.24. The maximum Gasteiger partial charge on any atom is 0.349 e. The summed E-state index contributed by atoms with van der Waals surface area (Å²) in [7, 11) is 0. The van der Waals surface area contributed by atoms with Gasteiger partial charge in [-0.3, -0.25) is 4.79 Å². The fraction of sp³-hybridized carbons (Fsp3) is 0.455. The van der Waals surface area contributed by atoms with Gasteiger partial charge in [0.2, 0.25) is 0 Å². The molecule has 2 aliphatic heterocycles. The molecule has 1 aromatic carbocycles. The number of hydrogen-bond donors (Lipinski definition) is 1. The van der Waals surface area contributed by atoms with Gasteiger partial charge < -0.3 is 15.1 Å². The van der Waals surface area contributed by atoms with Crippen LogP contribution in [0.25, 0.3) is 0 Å². The Balaban J connectivity index is 1.47. The molecule has 3 heterocycles. The monoisotopic (exact) mass is 366 g/mol. The van der Waals surface area contributed by atoms with E-state index in [1.165, 1.54) is 5.56 Å². The van der Waals surface area contributed by atoms with Gasteiger partial charge in [-0.15, -0.1) is 0 Å². The standard InChI is InChI=1S/C22H26N2O3/c1-14-12-17(9-5-8-15-6-3-2-4-7-15)27-22(26)20(14)21(25)24-16-10-11-19(24)18(23)13-16/h2-4,6-7,12,16,18-19H,5,8-11,13,23H2,1H3/t16-,18+,19+/m1/s1. The van der Waals surface area contributed by atoms with E-state index >= 15 is 0 Å². The van der Waals surface area contributed by atoms with Gasteiger partial charge in [0.25, 0.3) is 5.91 Å². The van der Waals surface area contributed by atoms with Gasteiger partial charge in [-0.1, -0.05) is 30.3 Å². The lowest BCUT2D eigenvalue weighted by molar-refractivity contribution is 0.0720. The van der Waals surface area contributed by atoms with Crippen molar-refractivity contribution >= 4 is 5.91 Å². The van der Waals surface area contributed by atoms with Gasteiger partial charge in [0.05, 0.1) is 0 Å². The SMILES string of the molecule is Cc1cc(CCCc2ccccc2)oc(=O)c1C(=O)N1[C@@H]2CC[C@H]1[C@@H](N)C2. The molecule has 2 saturated heterocycles. The topological polar surface area (TPSA) is 76.5 Å². The van der Waals surface area contributed by atoms with E-state index in [0.717, 1.165) is 32.1 Å². The Hall–Kier alpha value is -2.40. The zero-order valence-electron chi connectivity index (χ0n) is 15.7. The van der Waals surface area contributed by atoms with Gasteiger partial charge in [-0.05, 0) is 56.2 Å². The van der Waals surface area contributed by atoms with Crippen LogP contribution in [0.1, 0.15) is 52.9 Å². The Kier molecular flexibility index (Phi) is 4.87. The Morgan fingerprint density at radius 2 is 2.00 bits per heavy atom. The van der Waals surface area contributed by atoms with E-state index in [1.807, 2.05) is 36.1 Å². The summed E-state index contributed by atoms with van der Waals surface area (Å²) < 4.78 is 5.49. The first-order valence-electron chi connectivity index (χ1n) is 9.80. The number of nitrogens with zero attached hydrogens (tertiary/aromatic N) is 1. The summed E-state index contributed by atoms with van der Waals surface area (Å²) >= 11 is 0. The van der Waals surface area contributed by atoms with Crippen LogP contribution in [-0.4, -0.2) is 28.9 Å². The fourth-order valence-corrected chi connectivity index (χ4v) is 4.65. The minimum absolute atomic E-state index is 0.0253. The molecule has 0 saturated carbocycles. The fourth-order valence-electron chi connectivity index (χ4n) is 4.65. The third-order valence-corrected chi connectivity index (χ3v) is 5.96. The molecule has 2 aliphatic rings. The van der Waals surface area contributed by atoms with Crippen molar-refractivity contribution in [3.63, 3.8) is 0 Å². The molecule has 1 amide bonds. The summed E-state index contributed by atoms with van der Waals surface area (Å²) in [6, 6.07) is 12.3. The van der Waals surface area contributed by atoms with Crippen molar-refractivity contribution in [1.82, 2.24) is 4.90 Å². The van der Waals surface area contributed by atoms with Crippen molar-refractivity contribution in [2.75, 3.05) is 0 Å². The number of carbonyl (C=O) groups excluding carboxylic acids is 1. The first kappa shape index (κ1) is 18.0. The second-order valence-corrected chi connectivity index (χ2v) is 7.81. The summed E-state index contributed by atoms with van der Waals surface area (Å²) in [5.74, 6) is 0.434. The quantitative estimate of drug-likeness (QED) is 0.883. The number of rotatable bonds is 5. The van der Waals surface area contributed by atoms with Crippen molar-refractivity contribution in [2.24, 2.45) is 5.73 Å². The third kappa shape index (κ3) is 3.44. The average molecular weight is 366 g/mol. The first-order valence-corrected chi connectivity index (χ1v) is 9.80. The largest absolute Gasteiger partial charge is 0.427 e. The van der Waals surface area contributed by atoms with Crippen molar-refractivity contribution < 1.29 is 9.21 Å². The lowest BCUT2D eigenvalue weighted by Crippen LogP contribution is -2.42. The van der Waals surface area contributed by atoms with Gasteiger partial charge in [-0.25, -0.2) is 4.79 Å². The second kappa shape index (κ2) is 7.31. The molecule has 5 heteroatoms. The van der Waals surface area contributed by atoms with E-state index in [1.54, 1.807) is 0 Å². The molecular formula is C22H26N2O3. The van der Waals surface area contributed by atoms with Crippen LogP contribution >= 0.6 is 0 Å². The smallest absolute Gasteiger partial charge is 0.349 e. The molecule has 4 rings (SSSR count). The van der Waals surface area contributed by atoms with Crippen molar-refractivity contribution in [3.05, 3.63) is 69.3 Å². The zero-order chi connectivity index (χ0) is 19.0. The molecule has 2 N–H and O–H groups in total. The van der Waals surface area contributed by atoms with Gasteiger partial charge in [0.15, 0.2) is 0 Å². The highest BCUT2D eigenvalue weighted by molar-refractivity contribution is 5.96. The molecule has 0 unspecified atom stereocenters. The number of fused-ring (bicyclic) bond motifs is 2. The Morgan fingerprint density at radius 3 is 2.63 bits per heavy atom. The third-order valence-electron chi connectivity index (χ3n) is 5.96. The van der Waals surface area contributed by atoms with Gasteiger partial charge in [0, 0.05) is 24.5 Å². The second-order valence-electron chi connectivity index (χ2n) is 7.81. The maximum absolute atomic E-state index is 13.0. The minimum atomic E-state index is -0.519. The van der Waals surface area contributed by atoms with E-state index in [4.69, 9.17) is 10.2 Å². The lowest BCUT2D eigenvalue weighted by atomic mass is 9.96. The molecule has 2 fully saturated rings. The Bertz CT molecular complexity index is 890. The van der Waals surface area contributed by atoms with Crippen LogP contribution in [-0.2, 0) is 12.8 Å². The number of carbonyl (C=O) groups is 1. The molecule has 3 atom stereocenters. The van der Waals surface area contributed by atoms with E-state index < -0.39 is 5.63 Å². The normalized spacial score (nSPS) is 23.8. The molecule has 0 radical (unpaired) electrons. The van der Waals surface area contributed by atoms with Crippen LogP contribution in [0.2, 0.25) is 0 Å². The van der Waals surface area contributed by atoms with Crippen molar-refractivity contribution in [2.45, 2.75) is 63.6 Å². The molecule has 1 aromatic heterocycles. The summed E-state index contributed by atoms with van der Waals surface area (Å²) in [5.41, 5.74) is 7.76. The molecule has 0 spiro atoms. The Labute approximate surface area is 159 Å². The number of nitrogens with two attached hydrogens (primary N) is 1. The molecule has 2 aromatic rings. The van der Waals surface area contributed by atoms with Crippen LogP contribution in [0, 0.1) is 6.92 Å². The molecule has 142 valence electrons. The molecule has 27 heavy (non-hydrogen) atoms. The average Bonchev–Trinajstić information content (AvgIpc) is 3.19. The van der Waals surface area contributed by atoms with Crippen LogP contribution in [0.3, 0.4) is 0 Å². The van der Waals surface area contributed by atoms with Crippen LogP contribution in [0.4, 0.5) is 0 Å². The van der Waals surface area contributed by atoms with E-state index in [2.05, 4.69) is 12.1 Å². The van der Waals surface area contributed by atoms with Crippen LogP contribution in [0.5, 0.6) is 0 Å². The highest BCUT2D eigenvalue weighted by Gasteiger charge is 2.47. The van der Waals surface area contributed by atoms with Crippen molar-refractivity contribution in [1.29, 1.82) is 0 Å². The maximum atomic E-state index is 13.0. The minimum Gasteiger partial charge on any atom is -0.427 e. The van der Waals surface area contributed by atoms with E-state index in [9.17, 15) is 9.59 Å².